The normalized spacial score (nSPS) is 10.4. The van der Waals surface area contributed by atoms with E-state index in [-0.39, 0.29) is 5.97 Å². The zero-order valence-corrected chi connectivity index (χ0v) is 23.5. The van der Waals surface area contributed by atoms with Crippen LogP contribution in [0.4, 0.5) is 17.1 Å². The molecule has 208 valence electrons. The molecule has 0 bridgehead atoms. The maximum atomic E-state index is 11.3. The van der Waals surface area contributed by atoms with Gasteiger partial charge in [0.05, 0.1) is 13.2 Å². The van der Waals surface area contributed by atoms with Crippen molar-refractivity contribution in [1.29, 1.82) is 0 Å². The zero-order chi connectivity index (χ0) is 28.9. The minimum Gasteiger partial charge on any atom is -0.494 e. The van der Waals surface area contributed by atoms with Crippen LogP contribution in [0, 0.1) is 0 Å². The van der Waals surface area contributed by atoms with Gasteiger partial charge in [0.25, 0.3) is 0 Å². The van der Waals surface area contributed by atoms with Crippen molar-refractivity contribution in [2.24, 2.45) is 0 Å². The SMILES string of the molecule is C=CC(=C)OCCCc1ccc(N(c2ccc(CCCOC(=O)C=C)cc2)c2ccc(-c3ccccc3)cc2)cc1. The maximum Gasteiger partial charge on any atom is 0.330 e. The highest BCUT2D eigenvalue weighted by Gasteiger charge is 2.13. The van der Waals surface area contributed by atoms with Crippen LogP contribution in [0.25, 0.3) is 11.1 Å². The lowest BCUT2D eigenvalue weighted by Crippen LogP contribution is -2.10. The van der Waals surface area contributed by atoms with E-state index in [2.05, 4.69) is 122 Å². The molecule has 0 fully saturated rings. The van der Waals surface area contributed by atoms with Crippen molar-refractivity contribution in [2.75, 3.05) is 18.1 Å². The van der Waals surface area contributed by atoms with Gasteiger partial charge in [0, 0.05) is 23.1 Å². The number of hydrogen-bond donors (Lipinski definition) is 0. The summed E-state index contributed by atoms with van der Waals surface area (Å²) in [6, 6.07) is 36.4. The molecule has 0 aliphatic rings. The van der Waals surface area contributed by atoms with Crippen LogP contribution in [-0.2, 0) is 27.1 Å². The summed E-state index contributed by atoms with van der Waals surface area (Å²) < 4.78 is 10.6. The predicted molar refractivity (Wildman–Crippen MR) is 170 cm³/mol. The average Bonchev–Trinajstić information content (AvgIpc) is 3.03. The van der Waals surface area contributed by atoms with Gasteiger partial charge in [-0.25, -0.2) is 4.79 Å². The smallest absolute Gasteiger partial charge is 0.330 e. The number of carbonyl (C=O) groups is 1. The van der Waals surface area contributed by atoms with Crippen molar-refractivity contribution in [2.45, 2.75) is 25.7 Å². The van der Waals surface area contributed by atoms with Gasteiger partial charge in [0.2, 0.25) is 0 Å². The quantitative estimate of drug-likeness (QED) is 0.0493. The number of esters is 1. The Hall–Kier alpha value is -4.83. The minimum absolute atomic E-state index is 0.382. The molecule has 0 N–H and O–H groups in total. The third-order valence-electron chi connectivity index (χ3n) is 6.77. The summed E-state index contributed by atoms with van der Waals surface area (Å²) in [6.45, 7) is 11.9. The van der Waals surface area contributed by atoms with E-state index in [1.165, 1.54) is 28.3 Å². The van der Waals surface area contributed by atoms with Gasteiger partial charge in [-0.2, -0.15) is 0 Å². The maximum absolute atomic E-state index is 11.3. The standard InChI is InChI=1S/C37H37NO3/c1-4-29(3)40-27-9-11-30-15-21-34(22-16-30)38(36-25-19-33(20-26-36)32-13-7-6-8-14-32)35-23-17-31(18-24-35)12-10-28-41-37(39)5-2/h4-8,13-26H,1-3,9-12,27-28H2. The number of benzene rings is 4. The largest absolute Gasteiger partial charge is 0.494 e. The van der Waals surface area contributed by atoms with Crippen LogP contribution in [0.15, 0.2) is 141 Å². The van der Waals surface area contributed by atoms with Gasteiger partial charge >= 0.3 is 5.97 Å². The van der Waals surface area contributed by atoms with E-state index in [9.17, 15) is 4.79 Å². The van der Waals surface area contributed by atoms with E-state index in [1.54, 1.807) is 6.08 Å². The summed E-state index contributed by atoms with van der Waals surface area (Å²) in [5.74, 6) is 0.226. The van der Waals surface area contributed by atoms with Crippen LogP contribution in [0.2, 0.25) is 0 Å². The molecule has 0 saturated heterocycles. The first kappa shape index (κ1) is 29.2. The molecule has 41 heavy (non-hydrogen) atoms. The van der Waals surface area contributed by atoms with Crippen molar-refractivity contribution in [1.82, 2.24) is 0 Å². The third kappa shape index (κ3) is 8.58. The molecular weight excluding hydrogens is 506 g/mol. The Balaban J connectivity index is 1.52. The Morgan fingerprint density at radius 3 is 1.56 bits per heavy atom. The van der Waals surface area contributed by atoms with Gasteiger partial charge < -0.3 is 14.4 Å². The number of allylic oxidation sites excluding steroid dienone is 1. The molecule has 0 amide bonds. The highest BCUT2D eigenvalue weighted by Crippen LogP contribution is 2.36. The number of aryl methyl sites for hydroxylation is 2. The number of hydrogen-bond acceptors (Lipinski definition) is 4. The number of rotatable bonds is 15. The van der Waals surface area contributed by atoms with Crippen LogP contribution < -0.4 is 4.90 Å². The molecule has 0 aromatic heterocycles. The second kappa shape index (κ2) is 15.1. The van der Waals surface area contributed by atoms with Gasteiger partial charge in [0.1, 0.15) is 5.76 Å². The van der Waals surface area contributed by atoms with Crippen molar-refractivity contribution in [3.8, 4) is 11.1 Å². The molecule has 0 aliphatic heterocycles. The fourth-order valence-corrected chi connectivity index (χ4v) is 4.55. The van der Waals surface area contributed by atoms with Crippen molar-refractivity contribution >= 4 is 23.0 Å². The summed E-state index contributed by atoms with van der Waals surface area (Å²) in [7, 11) is 0. The third-order valence-corrected chi connectivity index (χ3v) is 6.77. The Labute approximate surface area is 243 Å². The lowest BCUT2D eigenvalue weighted by Gasteiger charge is -2.26. The Kier molecular flexibility index (Phi) is 10.7. The molecule has 0 saturated carbocycles. The molecule has 0 unspecified atom stereocenters. The lowest BCUT2D eigenvalue weighted by molar-refractivity contribution is -0.137. The first-order valence-electron chi connectivity index (χ1n) is 13.9. The van der Waals surface area contributed by atoms with E-state index in [0.717, 1.165) is 42.7 Å². The highest BCUT2D eigenvalue weighted by atomic mass is 16.5. The van der Waals surface area contributed by atoms with Crippen LogP contribution in [0.1, 0.15) is 24.0 Å². The predicted octanol–water partition coefficient (Wildman–Crippen LogP) is 9.13. The molecule has 0 atom stereocenters. The number of ether oxygens (including phenoxy) is 2. The topological polar surface area (TPSA) is 38.8 Å². The van der Waals surface area contributed by atoms with E-state index >= 15 is 0 Å². The van der Waals surface area contributed by atoms with Crippen LogP contribution >= 0.6 is 0 Å². The number of carbonyl (C=O) groups excluding carboxylic acids is 1. The lowest BCUT2D eigenvalue weighted by atomic mass is 10.0. The van der Waals surface area contributed by atoms with Crippen molar-refractivity contribution in [3.63, 3.8) is 0 Å². The minimum atomic E-state index is -0.382. The van der Waals surface area contributed by atoms with Crippen LogP contribution in [-0.4, -0.2) is 19.2 Å². The molecular formula is C37H37NO3. The highest BCUT2D eigenvalue weighted by molar-refractivity contribution is 5.81. The molecule has 4 heteroatoms. The van der Waals surface area contributed by atoms with Gasteiger partial charge in [-0.15, -0.1) is 0 Å². The van der Waals surface area contributed by atoms with Gasteiger partial charge in [-0.3, -0.25) is 0 Å². The Morgan fingerprint density at radius 1 is 0.610 bits per heavy atom. The number of nitrogens with zero attached hydrogens (tertiary/aromatic N) is 1. The molecule has 4 aromatic carbocycles. The summed E-state index contributed by atoms with van der Waals surface area (Å²) in [5, 5.41) is 0. The van der Waals surface area contributed by atoms with E-state index in [1.807, 2.05) is 6.07 Å². The van der Waals surface area contributed by atoms with Crippen LogP contribution in [0.5, 0.6) is 0 Å². The molecule has 0 heterocycles. The van der Waals surface area contributed by atoms with E-state index in [4.69, 9.17) is 9.47 Å². The van der Waals surface area contributed by atoms with Gasteiger partial charge in [0.15, 0.2) is 0 Å². The van der Waals surface area contributed by atoms with Crippen LogP contribution in [0.3, 0.4) is 0 Å². The fourth-order valence-electron chi connectivity index (χ4n) is 4.55. The molecule has 0 radical (unpaired) electrons. The monoisotopic (exact) mass is 543 g/mol. The Bertz CT molecular complexity index is 1350. The number of anilines is 3. The molecule has 4 rings (SSSR count). The second-order valence-electron chi connectivity index (χ2n) is 9.68. The first-order valence-corrected chi connectivity index (χ1v) is 13.9. The summed E-state index contributed by atoms with van der Waals surface area (Å²) in [6.07, 6.45) is 6.24. The summed E-state index contributed by atoms with van der Waals surface area (Å²) in [5.41, 5.74) is 8.06. The average molecular weight is 544 g/mol. The van der Waals surface area contributed by atoms with Crippen molar-refractivity contribution in [3.05, 3.63) is 152 Å². The van der Waals surface area contributed by atoms with Crippen molar-refractivity contribution < 1.29 is 14.3 Å². The summed E-state index contributed by atoms with van der Waals surface area (Å²) >= 11 is 0. The summed E-state index contributed by atoms with van der Waals surface area (Å²) in [4.78, 5) is 13.5. The molecule has 4 nitrogen and oxygen atoms in total. The first-order chi connectivity index (χ1) is 20.1. The molecule has 0 spiro atoms. The van der Waals surface area contributed by atoms with E-state index < -0.39 is 0 Å². The van der Waals surface area contributed by atoms with Gasteiger partial charge in [-0.05, 0) is 90.4 Å². The zero-order valence-electron chi connectivity index (χ0n) is 23.5. The van der Waals surface area contributed by atoms with E-state index in [0.29, 0.717) is 19.0 Å². The fraction of sp³-hybridized carbons (Fsp3) is 0.162. The second-order valence-corrected chi connectivity index (χ2v) is 9.68. The van der Waals surface area contributed by atoms with Gasteiger partial charge in [-0.1, -0.05) is 86.5 Å². The Morgan fingerprint density at radius 2 is 1.07 bits per heavy atom. The molecule has 4 aromatic rings. The molecule has 0 aliphatic carbocycles.